The van der Waals surface area contributed by atoms with Crippen molar-refractivity contribution in [1.29, 1.82) is 0 Å². The van der Waals surface area contributed by atoms with Crippen LogP contribution in [0.15, 0.2) is 10.8 Å². The number of hydrogen-bond acceptors (Lipinski definition) is 3. The van der Waals surface area contributed by atoms with Crippen LogP contribution in [-0.2, 0) is 0 Å². The van der Waals surface area contributed by atoms with Crippen molar-refractivity contribution >= 4 is 0 Å². The molecule has 0 aliphatic rings. The predicted molar refractivity (Wildman–Crippen MR) is 41.9 cm³/mol. The topological polar surface area (TPSA) is 38.9 Å². The van der Waals surface area contributed by atoms with Gasteiger partial charge < -0.3 is 4.52 Å². The highest BCUT2D eigenvalue weighted by Crippen LogP contribution is 2.21. The summed E-state index contributed by atoms with van der Waals surface area (Å²) in [5.74, 6) is 0.478. The summed E-state index contributed by atoms with van der Waals surface area (Å²) in [5.41, 5.74) is 0.964. The van der Waals surface area contributed by atoms with E-state index in [2.05, 4.69) is 35.2 Å². The van der Waals surface area contributed by atoms with E-state index in [1.807, 2.05) is 0 Å². The molecule has 1 aromatic heterocycles. The first-order chi connectivity index (χ1) is 5.38. The van der Waals surface area contributed by atoms with Gasteiger partial charge >= 0.3 is 0 Å². The molecule has 0 spiro atoms. The Balaban J connectivity index is 2.56. The Morgan fingerprint density at radius 2 is 2.55 bits per heavy atom. The molecule has 0 amide bonds. The Kier molecular flexibility index (Phi) is 3.08. The van der Waals surface area contributed by atoms with Crippen LogP contribution in [0, 0.1) is 6.42 Å². The third-order valence-corrected chi connectivity index (χ3v) is 1.81. The molecule has 0 saturated heterocycles. The van der Waals surface area contributed by atoms with E-state index in [9.17, 15) is 0 Å². The molecule has 1 aromatic rings. The molecule has 0 saturated carbocycles. The average molecular weight is 153 g/mol. The van der Waals surface area contributed by atoms with Gasteiger partial charge in [-0.3, -0.25) is 0 Å². The number of hydrogen-bond donors (Lipinski definition) is 0. The smallest absolute Gasteiger partial charge is 0.147 e. The molecule has 0 aliphatic carbocycles. The van der Waals surface area contributed by atoms with Gasteiger partial charge in [0.1, 0.15) is 12.0 Å². The minimum atomic E-state index is 0.478. The number of rotatable bonds is 4. The molecule has 0 aromatic carbocycles. The molecular formula is C8H13N2O. The summed E-state index contributed by atoms with van der Waals surface area (Å²) >= 11 is 0. The van der Waals surface area contributed by atoms with Crippen LogP contribution < -0.4 is 0 Å². The van der Waals surface area contributed by atoms with Crippen molar-refractivity contribution in [2.75, 3.05) is 0 Å². The molecule has 0 N–H and O–H groups in total. The molecule has 0 aliphatic heterocycles. The second kappa shape index (κ2) is 4.11. The minimum Gasteiger partial charge on any atom is -0.345 e. The number of nitrogens with zero attached hydrogens (tertiary/aromatic N) is 2. The summed E-state index contributed by atoms with van der Waals surface area (Å²) < 4.78 is 4.67. The first kappa shape index (κ1) is 8.24. The number of aromatic nitrogens is 2. The fourth-order valence-corrected chi connectivity index (χ4v) is 1.13. The van der Waals surface area contributed by atoms with E-state index in [4.69, 9.17) is 0 Å². The van der Waals surface area contributed by atoms with Crippen molar-refractivity contribution in [2.45, 2.75) is 32.6 Å². The first-order valence-electron chi connectivity index (χ1n) is 3.93. The van der Waals surface area contributed by atoms with E-state index >= 15 is 0 Å². The lowest BCUT2D eigenvalue weighted by atomic mass is 9.98. The maximum Gasteiger partial charge on any atom is 0.147 e. The molecule has 1 rings (SSSR count). The van der Waals surface area contributed by atoms with Crippen molar-refractivity contribution < 1.29 is 4.52 Å². The van der Waals surface area contributed by atoms with Gasteiger partial charge in [-0.05, 0) is 19.3 Å². The third-order valence-electron chi connectivity index (χ3n) is 1.81. The monoisotopic (exact) mass is 153 g/mol. The zero-order chi connectivity index (χ0) is 8.10. The van der Waals surface area contributed by atoms with Crippen LogP contribution in [0.25, 0.3) is 0 Å². The summed E-state index contributed by atoms with van der Waals surface area (Å²) in [6, 6.07) is 0. The minimum absolute atomic E-state index is 0.478. The van der Waals surface area contributed by atoms with Crippen molar-refractivity contribution in [3.8, 4) is 0 Å². The lowest BCUT2D eigenvalue weighted by molar-refractivity contribution is 0.392. The molecule has 1 radical (unpaired) electrons. The zero-order valence-electron chi connectivity index (χ0n) is 6.95. The second-order valence-corrected chi connectivity index (χ2v) is 2.58. The maximum absolute atomic E-state index is 4.67. The molecule has 11 heavy (non-hydrogen) atoms. The summed E-state index contributed by atoms with van der Waals surface area (Å²) in [4.78, 5) is 0. The van der Waals surface area contributed by atoms with Gasteiger partial charge in [-0.1, -0.05) is 13.8 Å². The van der Waals surface area contributed by atoms with Crippen LogP contribution in [0.2, 0.25) is 0 Å². The standard InChI is InChI=1S/C8H13N2O/c1-3-5-7(4-2)8-6-11-10-9-8/h3,6-7H,4-5H2,1-2H3. The summed E-state index contributed by atoms with van der Waals surface area (Å²) in [6.45, 7) is 4.19. The zero-order valence-corrected chi connectivity index (χ0v) is 6.95. The maximum atomic E-state index is 4.67. The largest absolute Gasteiger partial charge is 0.345 e. The first-order valence-corrected chi connectivity index (χ1v) is 3.93. The van der Waals surface area contributed by atoms with E-state index in [0.29, 0.717) is 5.92 Å². The van der Waals surface area contributed by atoms with Crippen molar-refractivity contribution in [3.63, 3.8) is 0 Å². The molecular weight excluding hydrogens is 140 g/mol. The van der Waals surface area contributed by atoms with E-state index in [1.165, 1.54) is 0 Å². The van der Waals surface area contributed by atoms with Crippen LogP contribution in [0.3, 0.4) is 0 Å². The van der Waals surface area contributed by atoms with Crippen molar-refractivity contribution in [3.05, 3.63) is 18.4 Å². The fourth-order valence-electron chi connectivity index (χ4n) is 1.13. The molecule has 1 unspecified atom stereocenters. The Morgan fingerprint density at radius 3 is 3.00 bits per heavy atom. The van der Waals surface area contributed by atoms with Crippen LogP contribution in [0.1, 0.15) is 38.3 Å². The van der Waals surface area contributed by atoms with Gasteiger partial charge in [0.25, 0.3) is 0 Å². The van der Waals surface area contributed by atoms with Crippen molar-refractivity contribution in [1.82, 2.24) is 10.4 Å². The quantitative estimate of drug-likeness (QED) is 0.665. The third kappa shape index (κ3) is 2.03. The fraction of sp³-hybridized carbons (Fsp3) is 0.625. The van der Waals surface area contributed by atoms with Crippen LogP contribution in [-0.4, -0.2) is 10.4 Å². The second-order valence-electron chi connectivity index (χ2n) is 2.58. The molecule has 3 heteroatoms. The Hall–Kier alpha value is -0.860. The van der Waals surface area contributed by atoms with Crippen molar-refractivity contribution in [2.24, 2.45) is 0 Å². The van der Waals surface area contributed by atoms with E-state index in [-0.39, 0.29) is 0 Å². The van der Waals surface area contributed by atoms with Gasteiger partial charge in [-0.15, -0.1) is 5.10 Å². The molecule has 1 heterocycles. The Morgan fingerprint density at radius 1 is 1.73 bits per heavy atom. The van der Waals surface area contributed by atoms with Gasteiger partial charge in [0, 0.05) is 11.2 Å². The van der Waals surface area contributed by atoms with Crippen LogP contribution in [0.5, 0.6) is 0 Å². The Bertz CT molecular complexity index is 184. The lowest BCUT2D eigenvalue weighted by Gasteiger charge is -2.07. The summed E-state index contributed by atoms with van der Waals surface area (Å²) in [7, 11) is 0. The highest BCUT2D eigenvalue weighted by Gasteiger charge is 2.11. The van der Waals surface area contributed by atoms with Gasteiger partial charge in [0.2, 0.25) is 0 Å². The van der Waals surface area contributed by atoms with E-state index < -0.39 is 0 Å². The molecule has 0 fully saturated rings. The van der Waals surface area contributed by atoms with Gasteiger partial charge in [-0.2, -0.15) is 0 Å². The highest BCUT2D eigenvalue weighted by atomic mass is 16.5. The van der Waals surface area contributed by atoms with Gasteiger partial charge in [0.05, 0.1) is 0 Å². The molecule has 1 atom stereocenters. The SMILES string of the molecule is C[CH]CC(CC)c1conn1. The molecule has 3 nitrogen and oxygen atoms in total. The molecule has 0 bridgehead atoms. The average Bonchev–Trinajstić information content (AvgIpc) is 2.52. The lowest BCUT2D eigenvalue weighted by Crippen LogP contribution is -1.97. The normalized spacial score (nSPS) is 13.3. The molecule has 61 valence electrons. The van der Waals surface area contributed by atoms with E-state index in [1.54, 1.807) is 6.26 Å². The summed E-state index contributed by atoms with van der Waals surface area (Å²) in [6.07, 6.45) is 5.89. The van der Waals surface area contributed by atoms with Crippen LogP contribution in [0.4, 0.5) is 0 Å². The highest BCUT2D eigenvalue weighted by molar-refractivity contribution is 4.99. The van der Waals surface area contributed by atoms with Gasteiger partial charge in [-0.25, -0.2) is 0 Å². The predicted octanol–water partition coefficient (Wildman–Crippen LogP) is 2.18. The summed E-state index contributed by atoms with van der Waals surface area (Å²) in [5, 5.41) is 7.30. The van der Waals surface area contributed by atoms with Gasteiger partial charge in [0.15, 0.2) is 0 Å². The van der Waals surface area contributed by atoms with Crippen LogP contribution >= 0.6 is 0 Å². The Labute approximate surface area is 66.8 Å². The van der Waals surface area contributed by atoms with E-state index in [0.717, 1.165) is 18.5 Å².